The average Bonchev–Trinajstić information content (AvgIpc) is 2.96. The van der Waals surface area contributed by atoms with Crippen molar-refractivity contribution in [3.8, 4) is 0 Å². The van der Waals surface area contributed by atoms with E-state index in [1.165, 1.54) is 16.7 Å². The number of benzene rings is 1. The fourth-order valence-corrected chi connectivity index (χ4v) is 4.97. The van der Waals surface area contributed by atoms with Crippen LogP contribution in [0.4, 0.5) is 5.69 Å². The van der Waals surface area contributed by atoms with Crippen molar-refractivity contribution < 1.29 is 4.79 Å². The van der Waals surface area contributed by atoms with Crippen LogP contribution in [-0.2, 0) is 4.79 Å². The first-order valence-corrected chi connectivity index (χ1v) is 8.96. The van der Waals surface area contributed by atoms with E-state index in [0.29, 0.717) is 4.32 Å². The maximum atomic E-state index is 12.6. The lowest BCUT2D eigenvalue weighted by Gasteiger charge is -2.15. The zero-order valence-corrected chi connectivity index (χ0v) is 14.4. The van der Waals surface area contributed by atoms with Gasteiger partial charge in [0.05, 0.1) is 10.7 Å². The van der Waals surface area contributed by atoms with Gasteiger partial charge in [-0.1, -0.05) is 61.2 Å². The van der Waals surface area contributed by atoms with Gasteiger partial charge in [-0.15, -0.1) is 0 Å². The van der Waals surface area contributed by atoms with Crippen molar-refractivity contribution in [1.82, 2.24) is 4.90 Å². The monoisotopic (exact) mass is 336 g/mol. The first-order valence-electron chi connectivity index (χ1n) is 6.92. The van der Waals surface area contributed by atoms with Gasteiger partial charge in [-0.3, -0.25) is 9.69 Å². The molecule has 1 aromatic rings. The summed E-state index contributed by atoms with van der Waals surface area (Å²) in [4.78, 5) is 18.4. The Bertz CT molecular complexity index is 642. The molecule has 6 heteroatoms. The van der Waals surface area contributed by atoms with Gasteiger partial charge in [0, 0.05) is 18.5 Å². The first-order chi connectivity index (χ1) is 10.1. The third-order valence-electron chi connectivity index (χ3n) is 3.52. The summed E-state index contributed by atoms with van der Waals surface area (Å²) >= 11 is 8.45. The van der Waals surface area contributed by atoms with Gasteiger partial charge >= 0.3 is 0 Å². The fourth-order valence-electron chi connectivity index (χ4n) is 2.34. The minimum atomic E-state index is 0.0561. The van der Waals surface area contributed by atoms with Crippen molar-refractivity contribution in [1.29, 1.82) is 0 Å². The molecular formula is C15H16N2OS3. The van der Waals surface area contributed by atoms with Crippen LogP contribution in [0.3, 0.4) is 0 Å². The molecule has 1 amide bonds. The highest BCUT2D eigenvalue weighted by Gasteiger charge is 2.37. The number of para-hydroxylation sites is 1. The maximum Gasteiger partial charge on any atom is 0.268 e. The van der Waals surface area contributed by atoms with Crippen molar-refractivity contribution in [2.24, 2.45) is 0 Å². The Kier molecular flexibility index (Phi) is 4.28. The van der Waals surface area contributed by atoms with Gasteiger partial charge in [-0.05, 0) is 18.6 Å². The lowest BCUT2D eigenvalue weighted by atomic mass is 10.3. The number of rotatable bonds is 3. The lowest BCUT2D eigenvalue weighted by molar-refractivity contribution is -0.122. The van der Waals surface area contributed by atoms with Crippen molar-refractivity contribution in [3.05, 3.63) is 34.2 Å². The minimum Gasteiger partial charge on any atom is -0.337 e. The number of anilines is 1. The highest BCUT2D eigenvalue weighted by molar-refractivity contribution is 8.27. The molecule has 1 saturated heterocycles. The Labute approximate surface area is 138 Å². The van der Waals surface area contributed by atoms with E-state index < -0.39 is 0 Å². The number of unbranched alkanes of at least 4 members (excludes halogenated alkanes) is 1. The van der Waals surface area contributed by atoms with Crippen LogP contribution < -0.4 is 4.90 Å². The van der Waals surface area contributed by atoms with Gasteiger partial charge in [-0.25, -0.2) is 0 Å². The van der Waals surface area contributed by atoms with E-state index in [9.17, 15) is 4.79 Å². The SMILES string of the molecule is CCCCN1C(=O)/C(=C2\Sc3ccccc3N2C)SC1=S. The van der Waals surface area contributed by atoms with E-state index in [-0.39, 0.29) is 5.91 Å². The van der Waals surface area contributed by atoms with E-state index in [0.717, 1.165) is 35.0 Å². The van der Waals surface area contributed by atoms with Gasteiger partial charge in [-0.2, -0.15) is 0 Å². The van der Waals surface area contributed by atoms with Gasteiger partial charge < -0.3 is 4.90 Å². The van der Waals surface area contributed by atoms with E-state index in [1.807, 2.05) is 19.2 Å². The largest absolute Gasteiger partial charge is 0.337 e. The molecule has 0 radical (unpaired) electrons. The molecule has 1 aromatic carbocycles. The molecule has 110 valence electrons. The molecule has 0 aromatic heterocycles. The Morgan fingerprint density at radius 2 is 2.00 bits per heavy atom. The Balaban J connectivity index is 1.91. The molecule has 0 spiro atoms. The molecule has 0 N–H and O–H groups in total. The smallest absolute Gasteiger partial charge is 0.268 e. The molecule has 0 unspecified atom stereocenters. The molecule has 3 nitrogen and oxygen atoms in total. The summed E-state index contributed by atoms with van der Waals surface area (Å²) in [5.41, 5.74) is 1.15. The number of thioether (sulfide) groups is 2. The number of hydrogen-bond donors (Lipinski definition) is 0. The number of carbonyl (C=O) groups excluding carboxylic acids is 1. The second kappa shape index (κ2) is 6.02. The lowest BCUT2D eigenvalue weighted by Crippen LogP contribution is -2.29. The van der Waals surface area contributed by atoms with Crippen molar-refractivity contribution in [2.75, 3.05) is 18.5 Å². The minimum absolute atomic E-state index is 0.0561. The van der Waals surface area contributed by atoms with E-state index >= 15 is 0 Å². The molecule has 1 fully saturated rings. The number of amides is 1. The highest BCUT2D eigenvalue weighted by atomic mass is 32.2. The van der Waals surface area contributed by atoms with Crippen LogP contribution >= 0.6 is 35.7 Å². The first kappa shape index (κ1) is 14.9. The molecule has 0 aliphatic carbocycles. The zero-order valence-electron chi connectivity index (χ0n) is 12.0. The summed E-state index contributed by atoms with van der Waals surface area (Å²) in [5.74, 6) is 0.0561. The number of carbonyl (C=O) groups is 1. The standard InChI is InChI=1S/C15H16N2OS3/c1-3-4-9-17-13(18)12(21-15(17)19)14-16(2)10-7-5-6-8-11(10)20-14/h5-8H,3-4,9H2,1-2H3/b14-12+. The van der Waals surface area contributed by atoms with E-state index in [1.54, 1.807) is 16.7 Å². The summed E-state index contributed by atoms with van der Waals surface area (Å²) in [5, 5.41) is 0.993. The Hall–Kier alpha value is -0.980. The van der Waals surface area contributed by atoms with Crippen molar-refractivity contribution in [2.45, 2.75) is 24.7 Å². The zero-order chi connectivity index (χ0) is 15.0. The molecule has 21 heavy (non-hydrogen) atoms. The fraction of sp³-hybridized carbons (Fsp3) is 0.333. The molecule has 0 saturated carbocycles. The third-order valence-corrected chi connectivity index (χ3v) is 6.32. The predicted molar refractivity (Wildman–Crippen MR) is 94.5 cm³/mol. The van der Waals surface area contributed by atoms with Gasteiger partial charge in [0.2, 0.25) is 0 Å². The number of hydrogen-bond acceptors (Lipinski definition) is 5. The molecule has 2 aliphatic rings. The molecule has 3 rings (SSSR count). The summed E-state index contributed by atoms with van der Waals surface area (Å²) < 4.78 is 0.681. The van der Waals surface area contributed by atoms with Crippen LogP contribution in [0, 0.1) is 0 Å². The molecule has 0 bridgehead atoms. The van der Waals surface area contributed by atoms with Crippen LogP contribution in [0.15, 0.2) is 39.1 Å². The normalized spacial score (nSPS) is 21.4. The van der Waals surface area contributed by atoms with Gasteiger partial charge in [0.1, 0.15) is 9.23 Å². The molecule has 0 atom stereocenters. The van der Waals surface area contributed by atoms with Crippen LogP contribution in [0.5, 0.6) is 0 Å². The topological polar surface area (TPSA) is 23.6 Å². The summed E-state index contributed by atoms with van der Waals surface area (Å²) in [6.45, 7) is 2.84. The number of nitrogens with zero attached hydrogens (tertiary/aromatic N) is 2. The number of thiocarbonyl (C=S) groups is 1. The summed E-state index contributed by atoms with van der Waals surface area (Å²) in [7, 11) is 2.01. The van der Waals surface area contributed by atoms with Gasteiger partial charge in [0.25, 0.3) is 5.91 Å². The van der Waals surface area contributed by atoms with Crippen molar-refractivity contribution >= 4 is 51.7 Å². The van der Waals surface area contributed by atoms with E-state index in [4.69, 9.17) is 12.2 Å². The quantitative estimate of drug-likeness (QED) is 0.612. The van der Waals surface area contributed by atoms with Crippen LogP contribution in [0.2, 0.25) is 0 Å². The molecule has 2 heterocycles. The van der Waals surface area contributed by atoms with Gasteiger partial charge in [0.15, 0.2) is 0 Å². The second-order valence-corrected chi connectivity index (χ2v) is 7.62. The van der Waals surface area contributed by atoms with Crippen molar-refractivity contribution in [3.63, 3.8) is 0 Å². The molecule has 2 aliphatic heterocycles. The molecular weight excluding hydrogens is 320 g/mol. The van der Waals surface area contributed by atoms with E-state index in [2.05, 4.69) is 24.0 Å². The summed E-state index contributed by atoms with van der Waals surface area (Å²) in [6.07, 6.45) is 2.04. The number of fused-ring (bicyclic) bond motifs is 1. The van der Waals surface area contributed by atoms with Crippen LogP contribution in [-0.4, -0.2) is 28.7 Å². The average molecular weight is 337 g/mol. The summed E-state index contributed by atoms with van der Waals surface area (Å²) in [6, 6.07) is 8.20. The Morgan fingerprint density at radius 3 is 2.71 bits per heavy atom. The van der Waals surface area contributed by atoms with Crippen LogP contribution in [0.25, 0.3) is 0 Å². The second-order valence-electron chi connectivity index (χ2n) is 4.94. The Morgan fingerprint density at radius 1 is 1.24 bits per heavy atom. The predicted octanol–water partition coefficient (Wildman–Crippen LogP) is 4.06. The highest BCUT2D eigenvalue weighted by Crippen LogP contribution is 2.49. The van der Waals surface area contributed by atoms with Crippen LogP contribution in [0.1, 0.15) is 19.8 Å². The maximum absolute atomic E-state index is 12.6. The third kappa shape index (κ3) is 2.60.